The molecule has 0 bridgehead atoms. The Labute approximate surface area is 183 Å². The van der Waals surface area contributed by atoms with Gasteiger partial charge in [0, 0.05) is 25.7 Å². The molecule has 1 atom stereocenters. The van der Waals surface area contributed by atoms with Crippen LogP contribution in [-0.4, -0.2) is 46.0 Å². The van der Waals surface area contributed by atoms with Crippen molar-refractivity contribution < 1.29 is 9.32 Å². The number of aryl methyl sites for hydroxylation is 2. The van der Waals surface area contributed by atoms with Gasteiger partial charge in [0.2, 0.25) is 17.6 Å². The standard InChI is InChI=1S/C25H30N4O2/c1-18-9-11-20(12-10-18)15-28(3)25(30)22-8-5-13-29(16-22)17-23-26-24(27-31-23)21-7-4-6-19(2)14-21/h4,6-7,9-12,14,22H,5,8,13,15-17H2,1-3H3. The Kier molecular flexibility index (Phi) is 6.47. The molecule has 1 aliphatic heterocycles. The van der Waals surface area contributed by atoms with Crippen LogP contribution in [0.4, 0.5) is 0 Å². The highest BCUT2D eigenvalue weighted by molar-refractivity contribution is 5.79. The topological polar surface area (TPSA) is 62.5 Å². The first-order valence-corrected chi connectivity index (χ1v) is 10.9. The highest BCUT2D eigenvalue weighted by Gasteiger charge is 2.29. The first kappa shape index (κ1) is 21.2. The molecule has 1 fully saturated rings. The van der Waals surface area contributed by atoms with Gasteiger partial charge in [0.1, 0.15) is 0 Å². The normalized spacial score (nSPS) is 16.9. The number of hydrogen-bond donors (Lipinski definition) is 0. The molecule has 0 saturated carbocycles. The van der Waals surface area contributed by atoms with Crippen LogP contribution in [0.2, 0.25) is 0 Å². The van der Waals surface area contributed by atoms with Gasteiger partial charge in [-0.1, -0.05) is 58.7 Å². The molecule has 1 saturated heterocycles. The number of aromatic nitrogens is 2. The monoisotopic (exact) mass is 418 g/mol. The van der Waals surface area contributed by atoms with Gasteiger partial charge in [-0.3, -0.25) is 9.69 Å². The highest BCUT2D eigenvalue weighted by Crippen LogP contribution is 2.22. The zero-order valence-electron chi connectivity index (χ0n) is 18.5. The Morgan fingerprint density at radius 1 is 1.16 bits per heavy atom. The van der Waals surface area contributed by atoms with Crippen LogP contribution in [0.3, 0.4) is 0 Å². The van der Waals surface area contributed by atoms with E-state index in [2.05, 4.69) is 46.2 Å². The van der Waals surface area contributed by atoms with Crippen molar-refractivity contribution in [3.8, 4) is 11.4 Å². The lowest BCUT2D eigenvalue weighted by Crippen LogP contribution is -2.43. The van der Waals surface area contributed by atoms with Gasteiger partial charge >= 0.3 is 0 Å². The third-order valence-corrected chi connectivity index (χ3v) is 5.87. The quantitative estimate of drug-likeness (QED) is 0.600. The molecule has 1 unspecified atom stereocenters. The van der Waals surface area contributed by atoms with Crippen LogP contribution in [0.25, 0.3) is 11.4 Å². The molecule has 2 heterocycles. The van der Waals surface area contributed by atoms with Crippen molar-refractivity contribution in [2.45, 2.75) is 39.8 Å². The van der Waals surface area contributed by atoms with E-state index in [1.54, 1.807) is 0 Å². The van der Waals surface area contributed by atoms with E-state index in [-0.39, 0.29) is 11.8 Å². The van der Waals surface area contributed by atoms with E-state index in [1.807, 2.05) is 43.1 Å². The summed E-state index contributed by atoms with van der Waals surface area (Å²) >= 11 is 0. The van der Waals surface area contributed by atoms with Crippen LogP contribution >= 0.6 is 0 Å². The molecule has 2 aromatic carbocycles. The molecule has 0 N–H and O–H groups in total. The Hall–Kier alpha value is -2.99. The van der Waals surface area contributed by atoms with Crippen molar-refractivity contribution in [2.75, 3.05) is 20.1 Å². The van der Waals surface area contributed by atoms with Crippen molar-refractivity contribution in [3.63, 3.8) is 0 Å². The number of hydrogen-bond acceptors (Lipinski definition) is 5. The van der Waals surface area contributed by atoms with Gasteiger partial charge in [0.05, 0.1) is 12.5 Å². The number of likely N-dealkylation sites (tertiary alicyclic amines) is 1. The maximum Gasteiger partial charge on any atom is 0.241 e. The SMILES string of the molecule is Cc1ccc(CN(C)C(=O)C2CCCN(Cc3nc(-c4cccc(C)c4)no3)C2)cc1. The number of amides is 1. The summed E-state index contributed by atoms with van der Waals surface area (Å²) in [5.41, 5.74) is 4.51. The molecule has 1 amide bonds. The first-order valence-electron chi connectivity index (χ1n) is 10.9. The molecule has 1 aliphatic rings. The summed E-state index contributed by atoms with van der Waals surface area (Å²) in [5, 5.41) is 4.14. The van der Waals surface area contributed by atoms with Gasteiger partial charge in [-0.15, -0.1) is 0 Å². The van der Waals surface area contributed by atoms with Crippen LogP contribution in [0.5, 0.6) is 0 Å². The number of nitrogens with zero attached hydrogens (tertiary/aromatic N) is 4. The lowest BCUT2D eigenvalue weighted by molar-refractivity contribution is -0.136. The Balaban J connectivity index is 1.35. The molecule has 31 heavy (non-hydrogen) atoms. The summed E-state index contributed by atoms with van der Waals surface area (Å²) in [4.78, 5) is 21.7. The second-order valence-electron chi connectivity index (χ2n) is 8.64. The second-order valence-corrected chi connectivity index (χ2v) is 8.64. The van der Waals surface area contributed by atoms with Gasteiger partial charge in [-0.2, -0.15) is 4.98 Å². The minimum atomic E-state index is 0.00311. The summed E-state index contributed by atoms with van der Waals surface area (Å²) in [7, 11) is 1.90. The summed E-state index contributed by atoms with van der Waals surface area (Å²) in [6.45, 7) is 6.99. The molecular formula is C25H30N4O2. The van der Waals surface area contributed by atoms with Crippen molar-refractivity contribution in [1.29, 1.82) is 0 Å². The fraction of sp³-hybridized carbons (Fsp3) is 0.400. The van der Waals surface area contributed by atoms with Crippen LogP contribution in [0.1, 0.15) is 35.4 Å². The fourth-order valence-corrected chi connectivity index (χ4v) is 4.17. The Bertz CT molecular complexity index is 1030. The molecule has 0 radical (unpaired) electrons. The summed E-state index contributed by atoms with van der Waals surface area (Å²) < 4.78 is 5.50. The predicted octanol–water partition coefficient (Wildman–Crippen LogP) is 4.22. The molecule has 0 spiro atoms. The molecular weight excluding hydrogens is 388 g/mol. The predicted molar refractivity (Wildman–Crippen MR) is 120 cm³/mol. The van der Waals surface area contributed by atoms with Crippen LogP contribution < -0.4 is 0 Å². The minimum Gasteiger partial charge on any atom is -0.341 e. The summed E-state index contributed by atoms with van der Waals surface area (Å²) in [5.74, 6) is 1.42. The zero-order chi connectivity index (χ0) is 21.8. The van der Waals surface area contributed by atoms with E-state index in [1.165, 1.54) is 5.56 Å². The lowest BCUT2D eigenvalue weighted by Gasteiger charge is -2.33. The fourth-order valence-electron chi connectivity index (χ4n) is 4.17. The van der Waals surface area contributed by atoms with Gasteiger partial charge in [-0.25, -0.2) is 0 Å². The van der Waals surface area contributed by atoms with E-state index >= 15 is 0 Å². The van der Waals surface area contributed by atoms with Crippen molar-refractivity contribution in [1.82, 2.24) is 19.9 Å². The first-order chi connectivity index (χ1) is 15.0. The maximum absolute atomic E-state index is 13.0. The molecule has 6 heteroatoms. The number of rotatable bonds is 6. The van der Waals surface area contributed by atoms with E-state index in [0.29, 0.717) is 24.8 Å². The lowest BCUT2D eigenvalue weighted by atomic mass is 9.96. The van der Waals surface area contributed by atoms with Gasteiger partial charge < -0.3 is 9.42 Å². The molecule has 3 aromatic rings. The molecule has 1 aromatic heterocycles. The average molecular weight is 419 g/mol. The van der Waals surface area contributed by atoms with Crippen molar-refractivity contribution in [3.05, 3.63) is 71.1 Å². The molecule has 4 rings (SSSR count). The smallest absolute Gasteiger partial charge is 0.241 e. The largest absolute Gasteiger partial charge is 0.341 e. The minimum absolute atomic E-state index is 0.00311. The van der Waals surface area contributed by atoms with E-state index in [9.17, 15) is 4.79 Å². The Morgan fingerprint density at radius 3 is 2.74 bits per heavy atom. The third kappa shape index (κ3) is 5.39. The molecule has 162 valence electrons. The number of piperidine rings is 1. The van der Waals surface area contributed by atoms with E-state index < -0.39 is 0 Å². The van der Waals surface area contributed by atoms with Crippen LogP contribution in [0, 0.1) is 19.8 Å². The average Bonchev–Trinajstić information content (AvgIpc) is 3.23. The van der Waals surface area contributed by atoms with Crippen LogP contribution in [0.15, 0.2) is 53.1 Å². The van der Waals surface area contributed by atoms with E-state index in [4.69, 9.17) is 4.52 Å². The summed E-state index contributed by atoms with van der Waals surface area (Å²) in [6.07, 6.45) is 1.92. The number of benzene rings is 2. The van der Waals surface area contributed by atoms with Gasteiger partial charge in [0.25, 0.3) is 0 Å². The second kappa shape index (κ2) is 9.43. The Morgan fingerprint density at radius 2 is 1.97 bits per heavy atom. The number of carbonyl (C=O) groups is 1. The zero-order valence-corrected chi connectivity index (χ0v) is 18.5. The van der Waals surface area contributed by atoms with Crippen molar-refractivity contribution in [2.24, 2.45) is 5.92 Å². The van der Waals surface area contributed by atoms with Gasteiger partial charge in [-0.05, 0) is 44.9 Å². The van der Waals surface area contributed by atoms with E-state index in [0.717, 1.165) is 42.6 Å². The molecule has 6 nitrogen and oxygen atoms in total. The number of carbonyl (C=O) groups excluding carboxylic acids is 1. The van der Waals surface area contributed by atoms with Gasteiger partial charge in [0.15, 0.2) is 0 Å². The molecule has 0 aliphatic carbocycles. The van der Waals surface area contributed by atoms with Crippen LogP contribution in [-0.2, 0) is 17.9 Å². The maximum atomic E-state index is 13.0. The van der Waals surface area contributed by atoms with Crippen molar-refractivity contribution >= 4 is 5.91 Å². The highest BCUT2D eigenvalue weighted by atomic mass is 16.5. The third-order valence-electron chi connectivity index (χ3n) is 5.87. The summed E-state index contributed by atoms with van der Waals surface area (Å²) in [6, 6.07) is 16.4.